The van der Waals surface area contributed by atoms with Crippen LogP contribution in [0, 0.1) is 17.2 Å². The Morgan fingerprint density at radius 1 is 1.67 bits per heavy atom. The molecule has 1 aliphatic carbocycles. The van der Waals surface area contributed by atoms with Crippen LogP contribution in [0.1, 0.15) is 39.0 Å². The molecule has 0 amide bonds. The van der Waals surface area contributed by atoms with E-state index in [1.165, 1.54) is 0 Å². The predicted molar refractivity (Wildman–Crippen MR) is 59.3 cm³/mol. The van der Waals surface area contributed by atoms with Gasteiger partial charge in [0.2, 0.25) is 0 Å². The van der Waals surface area contributed by atoms with Crippen LogP contribution < -0.4 is 0 Å². The van der Waals surface area contributed by atoms with Gasteiger partial charge in [0, 0.05) is 18.4 Å². The van der Waals surface area contributed by atoms with Crippen molar-refractivity contribution < 1.29 is 4.79 Å². The molecule has 2 unspecified atom stereocenters. The Labute approximate surface area is 92.1 Å². The molecule has 0 spiro atoms. The van der Waals surface area contributed by atoms with Crippen molar-refractivity contribution >= 4 is 5.78 Å². The predicted octanol–water partition coefficient (Wildman–Crippen LogP) is 1.98. The quantitative estimate of drug-likeness (QED) is 0.694. The Morgan fingerprint density at radius 3 is 2.93 bits per heavy atom. The van der Waals surface area contributed by atoms with Gasteiger partial charge in [0.05, 0.1) is 12.5 Å². The Morgan fingerprint density at radius 2 is 2.40 bits per heavy atom. The van der Waals surface area contributed by atoms with E-state index in [2.05, 4.69) is 17.9 Å². The summed E-state index contributed by atoms with van der Waals surface area (Å²) in [4.78, 5) is 13.6. The van der Waals surface area contributed by atoms with E-state index < -0.39 is 0 Å². The molecule has 0 N–H and O–H groups in total. The zero-order chi connectivity index (χ0) is 11.3. The molecule has 1 aliphatic rings. The molecule has 3 heteroatoms. The van der Waals surface area contributed by atoms with Gasteiger partial charge in [-0.3, -0.25) is 4.79 Å². The normalized spacial score (nSPS) is 23.1. The lowest BCUT2D eigenvalue weighted by Crippen LogP contribution is -2.31. The number of Topliss-reactive ketones (excluding diaryl/α,β-unsaturated/α-hetero) is 1. The van der Waals surface area contributed by atoms with Crippen molar-refractivity contribution in [2.24, 2.45) is 5.92 Å². The van der Waals surface area contributed by atoms with Gasteiger partial charge in [0.15, 0.2) is 0 Å². The van der Waals surface area contributed by atoms with Crippen molar-refractivity contribution in [3.63, 3.8) is 0 Å². The number of hydrogen-bond acceptors (Lipinski definition) is 3. The van der Waals surface area contributed by atoms with E-state index in [4.69, 9.17) is 5.26 Å². The molecule has 1 fully saturated rings. The molecular formula is C12H20N2O. The van der Waals surface area contributed by atoms with Gasteiger partial charge in [-0.05, 0) is 39.8 Å². The fraction of sp³-hybridized carbons (Fsp3) is 0.833. The Hall–Kier alpha value is -0.880. The van der Waals surface area contributed by atoms with Crippen LogP contribution in [0.5, 0.6) is 0 Å². The van der Waals surface area contributed by atoms with Crippen LogP contribution in [0.25, 0.3) is 0 Å². The molecule has 15 heavy (non-hydrogen) atoms. The molecule has 0 aromatic rings. The van der Waals surface area contributed by atoms with Gasteiger partial charge in [0.1, 0.15) is 5.78 Å². The first-order valence-corrected chi connectivity index (χ1v) is 5.75. The summed E-state index contributed by atoms with van der Waals surface area (Å²) in [5, 5.41) is 8.58. The van der Waals surface area contributed by atoms with E-state index in [1.54, 1.807) is 0 Å². The number of hydrogen-bond donors (Lipinski definition) is 0. The highest BCUT2D eigenvalue weighted by atomic mass is 16.1. The molecule has 0 aromatic carbocycles. The maximum absolute atomic E-state index is 11.4. The van der Waals surface area contributed by atoms with Crippen molar-refractivity contribution in [3.8, 4) is 6.07 Å². The Bertz CT molecular complexity index is 257. The van der Waals surface area contributed by atoms with Crippen molar-refractivity contribution in [3.05, 3.63) is 0 Å². The average Bonchev–Trinajstić information content (AvgIpc) is 2.61. The number of rotatable bonds is 5. The van der Waals surface area contributed by atoms with Gasteiger partial charge < -0.3 is 4.90 Å². The van der Waals surface area contributed by atoms with Gasteiger partial charge in [-0.25, -0.2) is 0 Å². The molecule has 2 atom stereocenters. The summed E-state index contributed by atoms with van der Waals surface area (Å²) in [5.74, 6) is 0.734. The van der Waals surface area contributed by atoms with Crippen LogP contribution in [0.15, 0.2) is 0 Å². The van der Waals surface area contributed by atoms with Gasteiger partial charge >= 0.3 is 0 Å². The molecule has 0 aliphatic heterocycles. The summed E-state index contributed by atoms with van der Waals surface area (Å²) in [6, 6.07) is 2.47. The van der Waals surface area contributed by atoms with Crippen LogP contribution in [0.2, 0.25) is 0 Å². The number of ketones is 1. The minimum absolute atomic E-state index is 0.293. The molecule has 1 saturated carbocycles. The Balaban J connectivity index is 2.24. The largest absolute Gasteiger partial charge is 0.303 e. The van der Waals surface area contributed by atoms with E-state index >= 15 is 0 Å². The zero-order valence-electron chi connectivity index (χ0n) is 9.70. The minimum atomic E-state index is 0.293. The van der Waals surface area contributed by atoms with Crippen molar-refractivity contribution in [2.45, 2.75) is 45.1 Å². The molecule has 0 aromatic heterocycles. The summed E-state index contributed by atoms with van der Waals surface area (Å²) in [7, 11) is 2.03. The molecule has 1 rings (SSSR count). The molecule has 0 radical (unpaired) electrons. The molecule has 3 nitrogen and oxygen atoms in total. The summed E-state index contributed by atoms with van der Waals surface area (Å²) in [6.07, 6.45) is 4.45. The first-order valence-electron chi connectivity index (χ1n) is 5.75. The number of nitriles is 1. The first kappa shape index (κ1) is 12.2. The maximum atomic E-state index is 11.4. The summed E-state index contributed by atoms with van der Waals surface area (Å²) < 4.78 is 0. The summed E-state index contributed by atoms with van der Waals surface area (Å²) in [5.41, 5.74) is 0. The van der Waals surface area contributed by atoms with E-state index in [9.17, 15) is 4.79 Å². The first-order chi connectivity index (χ1) is 7.15. The van der Waals surface area contributed by atoms with Crippen molar-refractivity contribution in [2.75, 3.05) is 13.6 Å². The van der Waals surface area contributed by atoms with Crippen LogP contribution in [-0.4, -0.2) is 30.3 Å². The zero-order valence-corrected chi connectivity index (χ0v) is 9.70. The van der Waals surface area contributed by atoms with Crippen LogP contribution >= 0.6 is 0 Å². The maximum Gasteiger partial charge on any atom is 0.136 e. The third kappa shape index (κ3) is 3.64. The highest BCUT2D eigenvalue weighted by Crippen LogP contribution is 2.24. The highest BCUT2D eigenvalue weighted by molar-refractivity contribution is 5.82. The lowest BCUT2D eigenvalue weighted by molar-refractivity contribution is -0.120. The number of carbonyl (C=O) groups is 1. The number of nitrogens with zero attached hydrogens (tertiary/aromatic N) is 2. The van der Waals surface area contributed by atoms with Crippen LogP contribution in [0.3, 0.4) is 0 Å². The summed E-state index contributed by atoms with van der Waals surface area (Å²) >= 11 is 0. The van der Waals surface area contributed by atoms with Crippen molar-refractivity contribution in [1.82, 2.24) is 4.90 Å². The SMILES string of the molecule is CC(CC#N)N(C)CCC1CCCC1=O. The van der Waals surface area contributed by atoms with Gasteiger partial charge in [-0.2, -0.15) is 5.26 Å². The van der Waals surface area contributed by atoms with Crippen LogP contribution in [-0.2, 0) is 4.79 Å². The molecule has 0 heterocycles. The smallest absolute Gasteiger partial charge is 0.136 e. The van der Waals surface area contributed by atoms with Crippen LogP contribution in [0.4, 0.5) is 0 Å². The van der Waals surface area contributed by atoms with Crippen molar-refractivity contribution in [1.29, 1.82) is 5.26 Å². The third-order valence-electron chi connectivity index (χ3n) is 3.40. The highest BCUT2D eigenvalue weighted by Gasteiger charge is 2.24. The summed E-state index contributed by atoms with van der Waals surface area (Å²) in [6.45, 7) is 2.99. The fourth-order valence-corrected chi connectivity index (χ4v) is 2.06. The lowest BCUT2D eigenvalue weighted by Gasteiger charge is -2.23. The molecule has 84 valence electrons. The monoisotopic (exact) mass is 208 g/mol. The minimum Gasteiger partial charge on any atom is -0.303 e. The Kier molecular flexibility index (Phi) is 4.77. The second-order valence-corrected chi connectivity index (χ2v) is 4.54. The molecular weight excluding hydrogens is 188 g/mol. The third-order valence-corrected chi connectivity index (χ3v) is 3.40. The van der Waals surface area contributed by atoms with E-state index in [1.807, 2.05) is 7.05 Å². The fourth-order valence-electron chi connectivity index (χ4n) is 2.06. The lowest BCUT2D eigenvalue weighted by atomic mass is 10.0. The topological polar surface area (TPSA) is 44.1 Å². The van der Waals surface area contributed by atoms with Gasteiger partial charge in [-0.15, -0.1) is 0 Å². The van der Waals surface area contributed by atoms with E-state index in [0.29, 0.717) is 24.2 Å². The number of carbonyl (C=O) groups excluding carboxylic acids is 1. The van der Waals surface area contributed by atoms with E-state index in [0.717, 1.165) is 32.2 Å². The van der Waals surface area contributed by atoms with E-state index in [-0.39, 0.29) is 0 Å². The second kappa shape index (κ2) is 5.87. The second-order valence-electron chi connectivity index (χ2n) is 4.54. The molecule has 0 saturated heterocycles. The standard InChI is InChI=1S/C12H20N2O/c1-10(6-8-13)14(2)9-7-11-4-3-5-12(11)15/h10-11H,3-7,9H2,1-2H3. The van der Waals surface area contributed by atoms with Gasteiger partial charge in [0.25, 0.3) is 0 Å². The molecule has 0 bridgehead atoms. The average molecular weight is 208 g/mol. The van der Waals surface area contributed by atoms with Gasteiger partial charge in [-0.1, -0.05) is 0 Å².